The molecule has 28 heavy (non-hydrogen) atoms. The maximum Gasteiger partial charge on any atom is 0.239 e. The molecule has 2 aromatic rings. The van der Waals surface area contributed by atoms with E-state index < -0.39 is 23.8 Å². The number of rotatable bonds is 9. The van der Waals surface area contributed by atoms with E-state index in [1.54, 1.807) is 12.1 Å². The van der Waals surface area contributed by atoms with Crippen LogP contribution < -0.4 is 21.1 Å². The Balaban J connectivity index is 1.99. The van der Waals surface area contributed by atoms with E-state index in [1.165, 1.54) is 12.1 Å². The highest BCUT2D eigenvalue weighted by atomic mass is 19.1. The molecule has 7 heteroatoms. The molecule has 2 aromatic carbocycles. The molecule has 6 nitrogen and oxygen atoms in total. The number of amides is 2. The number of nitrogens with two attached hydrogens (primary N) is 1. The first-order valence-corrected chi connectivity index (χ1v) is 9.13. The zero-order valence-corrected chi connectivity index (χ0v) is 16.0. The van der Waals surface area contributed by atoms with Crippen LogP contribution in [0.1, 0.15) is 25.5 Å². The number of hydrogen-bond donors (Lipinski definition) is 3. The van der Waals surface area contributed by atoms with Crippen molar-refractivity contribution in [1.29, 1.82) is 0 Å². The lowest BCUT2D eigenvalue weighted by Gasteiger charge is -2.21. The number of halogens is 1. The van der Waals surface area contributed by atoms with E-state index in [4.69, 9.17) is 10.5 Å². The molecule has 0 saturated heterocycles. The van der Waals surface area contributed by atoms with E-state index in [-0.39, 0.29) is 30.7 Å². The van der Waals surface area contributed by atoms with Crippen LogP contribution >= 0.6 is 0 Å². The van der Waals surface area contributed by atoms with E-state index in [1.807, 2.05) is 44.2 Å². The molecule has 0 aliphatic heterocycles. The smallest absolute Gasteiger partial charge is 0.239 e. The summed E-state index contributed by atoms with van der Waals surface area (Å²) in [6.45, 7) is 3.49. The maximum absolute atomic E-state index is 13.8. The van der Waals surface area contributed by atoms with Gasteiger partial charge in [-0.25, -0.2) is 4.39 Å². The predicted octanol–water partition coefficient (Wildman–Crippen LogP) is 2.16. The Morgan fingerprint density at radius 1 is 1.07 bits per heavy atom. The SMILES string of the molecule is CC(C)[C@H](N)C(=O)NCC(=O)NC(COc1ccccc1F)c1ccccc1. The molecule has 2 rings (SSSR count). The van der Waals surface area contributed by atoms with Crippen LogP contribution in [0, 0.1) is 11.7 Å². The van der Waals surface area contributed by atoms with Gasteiger partial charge in [0, 0.05) is 0 Å². The molecule has 0 bridgehead atoms. The van der Waals surface area contributed by atoms with Crippen LogP contribution in [0.5, 0.6) is 5.75 Å². The average Bonchev–Trinajstić information content (AvgIpc) is 2.70. The Morgan fingerprint density at radius 3 is 2.36 bits per heavy atom. The molecular formula is C21H26FN3O3. The highest BCUT2D eigenvalue weighted by Crippen LogP contribution is 2.19. The summed E-state index contributed by atoms with van der Waals surface area (Å²) in [6, 6.07) is 14.1. The fourth-order valence-electron chi connectivity index (χ4n) is 2.47. The second-order valence-electron chi connectivity index (χ2n) is 6.76. The summed E-state index contributed by atoms with van der Waals surface area (Å²) in [6.07, 6.45) is 0. The van der Waals surface area contributed by atoms with Crippen LogP contribution in [-0.2, 0) is 9.59 Å². The molecule has 0 radical (unpaired) electrons. The minimum absolute atomic E-state index is 0.0331. The lowest BCUT2D eigenvalue weighted by molar-refractivity contribution is -0.127. The molecule has 0 spiro atoms. The summed E-state index contributed by atoms with van der Waals surface area (Å²) in [5.74, 6) is -1.18. The van der Waals surface area contributed by atoms with Crippen molar-refractivity contribution < 1.29 is 18.7 Å². The Kier molecular flexibility index (Phi) is 7.95. The van der Waals surface area contributed by atoms with Crippen LogP contribution in [0.25, 0.3) is 0 Å². The van der Waals surface area contributed by atoms with Crippen molar-refractivity contribution in [3.8, 4) is 5.75 Å². The van der Waals surface area contributed by atoms with Gasteiger partial charge < -0.3 is 21.1 Å². The van der Waals surface area contributed by atoms with E-state index in [0.717, 1.165) is 5.56 Å². The standard InChI is InChI=1S/C21H26FN3O3/c1-14(2)20(23)21(27)24-12-19(26)25-17(15-8-4-3-5-9-15)13-28-18-11-7-6-10-16(18)22/h3-11,14,17,20H,12-13,23H2,1-2H3,(H,24,27)(H,25,26)/t17?,20-/m0/s1. The fourth-order valence-corrected chi connectivity index (χ4v) is 2.47. The number of para-hydroxylation sites is 1. The number of hydrogen-bond acceptors (Lipinski definition) is 4. The first-order valence-electron chi connectivity index (χ1n) is 9.13. The van der Waals surface area contributed by atoms with Crippen LogP contribution in [0.15, 0.2) is 54.6 Å². The molecule has 0 aliphatic carbocycles. The Hall–Kier alpha value is -2.93. The highest BCUT2D eigenvalue weighted by Gasteiger charge is 2.20. The summed E-state index contributed by atoms with van der Waals surface area (Å²) in [5, 5.41) is 5.33. The van der Waals surface area contributed by atoms with Gasteiger partial charge in [-0.1, -0.05) is 56.3 Å². The van der Waals surface area contributed by atoms with Gasteiger partial charge >= 0.3 is 0 Å². The first-order chi connectivity index (χ1) is 13.4. The molecule has 1 unspecified atom stereocenters. The number of carbonyl (C=O) groups excluding carboxylic acids is 2. The highest BCUT2D eigenvalue weighted by molar-refractivity contribution is 5.87. The van der Waals surface area contributed by atoms with E-state index >= 15 is 0 Å². The maximum atomic E-state index is 13.8. The first kappa shape index (κ1) is 21.4. The summed E-state index contributed by atoms with van der Waals surface area (Å²) in [4.78, 5) is 24.2. The van der Waals surface area contributed by atoms with E-state index in [0.29, 0.717) is 0 Å². The second kappa shape index (κ2) is 10.4. The Morgan fingerprint density at radius 2 is 1.71 bits per heavy atom. The summed E-state index contributed by atoms with van der Waals surface area (Å²) < 4.78 is 19.3. The van der Waals surface area contributed by atoms with Gasteiger partial charge in [-0.15, -0.1) is 0 Å². The van der Waals surface area contributed by atoms with Gasteiger partial charge in [0.05, 0.1) is 18.6 Å². The zero-order valence-electron chi connectivity index (χ0n) is 16.0. The molecule has 2 amide bonds. The molecule has 0 heterocycles. The molecule has 4 N–H and O–H groups in total. The fraction of sp³-hybridized carbons (Fsp3) is 0.333. The third-order valence-corrected chi connectivity index (χ3v) is 4.22. The number of benzene rings is 2. The lowest BCUT2D eigenvalue weighted by atomic mass is 10.1. The van der Waals surface area contributed by atoms with Gasteiger partial charge in [0.1, 0.15) is 6.61 Å². The molecule has 2 atom stereocenters. The van der Waals surface area contributed by atoms with Gasteiger partial charge in [0.2, 0.25) is 11.8 Å². The van der Waals surface area contributed by atoms with Gasteiger partial charge in [0.15, 0.2) is 11.6 Å². The number of ether oxygens (including phenoxy) is 1. The Bertz CT molecular complexity index is 783. The van der Waals surface area contributed by atoms with Crippen molar-refractivity contribution >= 4 is 11.8 Å². The molecule has 150 valence electrons. The van der Waals surface area contributed by atoms with Gasteiger partial charge in [-0.3, -0.25) is 9.59 Å². The minimum Gasteiger partial charge on any atom is -0.488 e. The van der Waals surface area contributed by atoms with Crippen LogP contribution in [0.2, 0.25) is 0 Å². The largest absolute Gasteiger partial charge is 0.488 e. The topological polar surface area (TPSA) is 93.5 Å². The second-order valence-corrected chi connectivity index (χ2v) is 6.76. The lowest BCUT2D eigenvalue weighted by Crippen LogP contribution is -2.47. The number of nitrogens with one attached hydrogen (secondary N) is 2. The molecular weight excluding hydrogens is 361 g/mol. The third-order valence-electron chi connectivity index (χ3n) is 4.22. The quantitative estimate of drug-likeness (QED) is 0.615. The molecule has 0 saturated carbocycles. The number of carbonyl (C=O) groups is 2. The van der Waals surface area contributed by atoms with E-state index in [2.05, 4.69) is 10.6 Å². The molecule has 0 fully saturated rings. The zero-order chi connectivity index (χ0) is 20.5. The molecule has 0 aliphatic rings. The third kappa shape index (κ3) is 6.35. The van der Waals surface area contributed by atoms with Crippen molar-refractivity contribution in [2.75, 3.05) is 13.2 Å². The van der Waals surface area contributed by atoms with Gasteiger partial charge in [-0.05, 0) is 23.6 Å². The predicted molar refractivity (Wildman–Crippen MR) is 105 cm³/mol. The van der Waals surface area contributed by atoms with Crippen molar-refractivity contribution in [3.63, 3.8) is 0 Å². The summed E-state index contributed by atoms with van der Waals surface area (Å²) in [7, 11) is 0. The van der Waals surface area contributed by atoms with E-state index in [9.17, 15) is 14.0 Å². The Labute approximate surface area is 164 Å². The van der Waals surface area contributed by atoms with Crippen molar-refractivity contribution in [1.82, 2.24) is 10.6 Å². The van der Waals surface area contributed by atoms with Crippen LogP contribution in [-0.4, -0.2) is 31.0 Å². The minimum atomic E-state index is -0.679. The van der Waals surface area contributed by atoms with Gasteiger partial charge in [0.25, 0.3) is 0 Å². The van der Waals surface area contributed by atoms with Crippen LogP contribution in [0.3, 0.4) is 0 Å². The molecule has 0 aromatic heterocycles. The monoisotopic (exact) mass is 387 g/mol. The normalized spacial score (nSPS) is 12.9. The van der Waals surface area contributed by atoms with Crippen LogP contribution in [0.4, 0.5) is 4.39 Å². The van der Waals surface area contributed by atoms with Crippen molar-refractivity contribution in [3.05, 3.63) is 66.0 Å². The summed E-state index contributed by atoms with van der Waals surface area (Å²) >= 11 is 0. The van der Waals surface area contributed by atoms with Crippen molar-refractivity contribution in [2.24, 2.45) is 11.7 Å². The van der Waals surface area contributed by atoms with Gasteiger partial charge in [-0.2, -0.15) is 0 Å². The summed E-state index contributed by atoms with van der Waals surface area (Å²) in [5.41, 5.74) is 6.57. The van der Waals surface area contributed by atoms with Crippen molar-refractivity contribution in [2.45, 2.75) is 25.9 Å². The average molecular weight is 387 g/mol.